The average molecular weight is 390 g/mol. The van der Waals surface area contributed by atoms with Crippen LogP contribution in [0.2, 0.25) is 0 Å². The SMILES string of the molecule is O=C(COC(=O)CCc1ccc2c(c1)OCO2)NC(=O)NCc1cccs1. The predicted molar refractivity (Wildman–Crippen MR) is 96.5 cm³/mol. The van der Waals surface area contributed by atoms with Crippen LogP contribution in [0, 0.1) is 0 Å². The molecule has 0 fully saturated rings. The van der Waals surface area contributed by atoms with Crippen molar-refractivity contribution in [3.63, 3.8) is 0 Å². The maximum Gasteiger partial charge on any atom is 0.321 e. The molecule has 0 aliphatic carbocycles. The molecular formula is C18H18N2O6S. The molecule has 0 saturated heterocycles. The summed E-state index contributed by atoms with van der Waals surface area (Å²) in [6, 6.07) is 8.53. The third-order valence-corrected chi connectivity index (χ3v) is 4.55. The van der Waals surface area contributed by atoms with Gasteiger partial charge < -0.3 is 19.5 Å². The summed E-state index contributed by atoms with van der Waals surface area (Å²) in [6.07, 6.45) is 0.551. The second-order valence-electron chi connectivity index (χ2n) is 5.66. The molecule has 1 aliphatic rings. The number of rotatable bonds is 7. The number of urea groups is 1. The molecule has 27 heavy (non-hydrogen) atoms. The van der Waals surface area contributed by atoms with E-state index in [9.17, 15) is 14.4 Å². The molecule has 2 aromatic rings. The first-order valence-corrected chi connectivity index (χ1v) is 9.12. The molecule has 142 valence electrons. The Labute approximate surface area is 159 Å². The van der Waals surface area contributed by atoms with Gasteiger partial charge in [-0.3, -0.25) is 14.9 Å². The molecule has 0 atom stereocenters. The van der Waals surface area contributed by atoms with Crippen molar-refractivity contribution in [2.45, 2.75) is 19.4 Å². The smallest absolute Gasteiger partial charge is 0.321 e. The van der Waals surface area contributed by atoms with Crippen molar-refractivity contribution >= 4 is 29.2 Å². The lowest BCUT2D eigenvalue weighted by Gasteiger charge is -2.07. The zero-order valence-electron chi connectivity index (χ0n) is 14.4. The minimum absolute atomic E-state index is 0.109. The van der Waals surface area contributed by atoms with Crippen LogP contribution in [0.1, 0.15) is 16.9 Å². The minimum Gasteiger partial charge on any atom is -0.456 e. The molecule has 0 radical (unpaired) electrons. The van der Waals surface area contributed by atoms with Gasteiger partial charge in [-0.25, -0.2) is 4.79 Å². The lowest BCUT2D eigenvalue weighted by molar-refractivity contribution is -0.148. The van der Waals surface area contributed by atoms with E-state index in [1.807, 2.05) is 23.6 Å². The van der Waals surface area contributed by atoms with Crippen molar-refractivity contribution in [3.8, 4) is 11.5 Å². The molecule has 0 saturated carbocycles. The van der Waals surface area contributed by atoms with Crippen molar-refractivity contribution in [2.75, 3.05) is 13.4 Å². The zero-order chi connectivity index (χ0) is 19.1. The van der Waals surface area contributed by atoms with E-state index in [4.69, 9.17) is 14.2 Å². The molecule has 1 aromatic heterocycles. The second kappa shape index (κ2) is 9.04. The Kier molecular flexibility index (Phi) is 6.26. The number of hydrogen-bond donors (Lipinski definition) is 2. The number of nitrogens with one attached hydrogen (secondary N) is 2. The summed E-state index contributed by atoms with van der Waals surface area (Å²) in [5.41, 5.74) is 0.897. The normalized spacial score (nSPS) is 11.7. The number of ether oxygens (including phenoxy) is 3. The molecular weight excluding hydrogens is 372 g/mol. The Hall–Kier alpha value is -3.07. The number of imide groups is 1. The summed E-state index contributed by atoms with van der Waals surface area (Å²) in [7, 11) is 0. The van der Waals surface area contributed by atoms with Crippen LogP contribution in [0.25, 0.3) is 0 Å². The lowest BCUT2D eigenvalue weighted by Crippen LogP contribution is -2.41. The molecule has 3 rings (SSSR count). The van der Waals surface area contributed by atoms with E-state index in [1.54, 1.807) is 12.1 Å². The second-order valence-corrected chi connectivity index (χ2v) is 6.69. The van der Waals surface area contributed by atoms with E-state index in [0.29, 0.717) is 24.5 Å². The number of amides is 3. The third kappa shape index (κ3) is 5.71. The highest BCUT2D eigenvalue weighted by Crippen LogP contribution is 2.32. The van der Waals surface area contributed by atoms with Crippen molar-refractivity contribution in [3.05, 3.63) is 46.2 Å². The van der Waals surface area contributed by atoms with E-state index in [0.717, 1.165) is 10.4 Å². The predicted octanol–water partition coefficient (Wildman–Crippen LogP) is 1.98. The molecule has 1 aliphatic heterocycles. The first-order chi connectivity index (χ1) is 13.1. The highest BCUT2D eigenvalue weighted by atomic mass is 32.1. The lowest BCUT2D eigenvalue weighted by atomic mass is 10.1. The molecule has 8 nitrogen and oxygen atoms in total. The summed E-state index contributed by atoms with van der Waals surface area (Å²) in [5, 5.41) is 6.55. The van der Waals surface area contributed by atoms with Gasteiger partial charge in [0, 0.05) is 11.3 Å². The summed E-state index contributed by atoms with van der Waals surface area (Å²) in [5.74, 6) is 0.112. The third-order valence-electron chi connectivity index (χ3n) is 3.68. The number of aryl methyl sites for hydroxylation is 1. The van der Waals surface area contributed by atoms with Crippen LogP contribution in [-0.4, -0.2) is 31.3 Å². The van der Waals surface area contributed by atoms with Gasteiger partial charge in [-0.15, -0.1) is 11.3 Å². The van der Waals surface area contributed by atoms with Gasteiger partial charge in [-0.2, -0.15) is 0 Å². The van der Waals surface area contributed by atoms with Gasteiger partial charge in [-0.1, -0.05) is 12.1 Å². The van der Waals surface area contributed by atoms with E-state index >= 15 is 0 Å². The van der Waals surface area contributed by atoms with Crippen LogP contribution in [0.5, 0.6) is 11.5 Å². The van der Waals surface area contributed by atoms with Crippen molar-refractivity contribution in [1.82, 2.24) is 10.6 Å². The number of thiophene rings is 1. The molecule has 2 N–H and O–H groups in total. The van der Waals surface area contributed by atoms with Crippen LogP contribution in [0.3, 0.4) is 0 Å². The van der Waals surface area contributed by atoms with Crippen LogP contribution in [-0.2, 0) is 27.3 Å². The van der Waals surface area contributed by atoms with Gasteiger partial charge in [0.1, 0.15) is 0 Å². The monoisotopic (exact) mass is 390 g/mol. The number of carbonyl (C=O) groups is 3. The highest BCUT2D eigenvalue weighted by Gasteiger charge is 2.15. The first-order valence-electron chi connectivity index (χ1n) is 8.24. The van der Waals surface area contributed by atoms with E-state index in [2.05, 4.69) is 10.6 Å². The number of fused-ring (bicyclic) bond motifs is 1. The van der Waals surface area contributed by atoms with Gasteiger partial charge in [-0.05, 0) is 35.6 Å². The summed E-state index contributed by atoms with van der Waals surface area (Å²) in [4.78, 5) is 36.0. The van der Waals surface area contributed by atoms with E-state index < -0.39 is 24.5 Å². The summed E-state index contributed by atoms with van der Waals surface area (Å²) < 4.78 is 15.4. The van der Waals surface area contributed by atoms with Crippen LogP contribution in [0.15, 0.2) is 35.7 Å². The molecule has 2 heterocycles. The zero-order valence-corrected chi connectivity index (χ0v) is 15.2. The summed E-state index contributed by atoms with van der Waals surface area (Å²) >= 11 is 1.50. The molecule has 0 bridgehead atoms. The number of hydrogen-bond acceptors (Lipinski definition) is 7. The quantitative estimate of drug-likeness (QED) is 0.701. The van der Waals surface area contributed by atoms with Crippen LogP contribution in [0.4, 0.5) is 4.79 Å². The number of esters is 1. The largest absolute Gasteiger partial charge is 0.456 e. The van der Waals surface area contributed by atoms with Gasteiger partial charge in [0.15, 0.2) is 18.1 Å². The van der Waals surface area contributed by atoms with E-state index in [-0.39, 0.29) is 13.2 Å². The Balaban J connectivity index is 1.32. The molecule has 1 aromatic carbocycles. The molecule has 3 amide bonds. The van der Waals surface area contributed by atoms with Crippen molar-refractivity contribution in [2.24, 2.45) is 0 Å². The fraction of sp³-hybridized carbons (Fsp3) is 0.278. The number of carbonyl (C=O) groups excluding carboxylic acids is 3. The van der Waals surface area contributed by atoms with Gasteiger partial charge in [0.2, 0.25) is 6.79 Å². The van der Waals surface area contributed by atoms with Gasteiger partial charge in [0.25, 0.3) is 5.91 Å². The summed E-state index contributed by atoms with van der Waals surface area (Å²) in [6.45, 7) is 0.00926. The topological polar surface area (TPSA) is 103 Å². The molecule has 0 spiro atoms. The maximum absolute atomic E-state index is 11.8. The van der Waals surface area contributed by atoms with Crippen LogP contribution < -0.4 is 20.1 Å². The van der Waals surface area contributed by atoms with Crippen molar-refractivity contribution in [1.29, 1.82) is 0 Å². The molecule has 0 unspecified atom stereocenters. The fourth-order valence-electron chi connectivity index (χ4n) is 2.35. The average Bonchev–Trinajstić information content (AvgIpc) is 3.34. The van der Waals surface area contributed by atoms with Gasteiger partial charge >= 0.3 is 12.0 Å². The first kappa shape index (κ1) is 18.7. The fourth-order valence-corrected chi connectivity index (χ4v) is 2.99. The Bertz CT molecular complexity index is 821. The number of benzene rings is 1. The Morgan fingerprint density at radius 1 is 1.15 bits per heavy atom. The van der Waals surface area contributed by atoms with Crippen molar-refractivity contribution < 1.29 is 28.6 Å². The van der Waals surface area contributed by atoms with E-state index in [1.165, 1.54) is 11.3 Å². The Morgan fingerprint density at radius 2 is 2.00 bits per heavy atom. The minimum atomic E-state index is -0.685. The maximum atomic E-state index is 11.8. The van der Waals surface area contributed by atoms with Crippen LogP contribution >= 0.6 is 11.3 Å². The standard InChI is InChI=1S/C18H18N2O6S/c21-16(20-18(23)19-9-13-2-1-7-27-13)10-24-17(22)6-4-12-3-5-14-15(8-12)26-11-25-14/h1-3,5,7-8H,4,6,9-11H2,(H2,19,20,21,23). The Morgan fingerprint density at radius 3 is 2.81 bits per heavy atom. The van der Waals surface area contributed by atoms with Gasteiger partial charge in [0.05, 0.1) is 6.54 Å². The highest BCUT2D eigenvalue weighted by molar-refractivity contribution is 7.09. The molecule has 9 heteroatoms.